The molecular weight excluding hydrogens is 260 g/mol. The Morgan fingerprint density at radius 3 is 2.55 bits per heavy atom. The average Bonchev–Trinajstić information content (AvgIpc) is 2.79. The van der Waals surface area contributed by atoms with Crippen LogP contribution in [0.5, 0.6) is 0 Å². The summed E-state index contributed by atoms with van der Waals surface area (Å²) in [5, 5.41) is 0. The van der Waals surface area contributed by atoms with Crippen LogP contribution >= 0.6 is 0 Å². The number of rotatable bonds is 3. The van der Waals surface area contributed by atoms with Crippen molar-refractivity contribution in [2.75, 3.05) is 26.7 Å². The monoisotopic (exact) mass is 282 g/mol. The van der Waals surface area contributed by atoms with Gasteiger partial charge in [-0.2, -0.15) is 0 Å². The summed E-state index contributed by atoms with van der Waals surface area (Å²) in [5.74, 6) is -0.354. The van der Waals surface area contributed by atoms with Crippen molar-refractivity contribution in [1.82, 2.24) is 4.90 Å². The minimum Gasteiger partial charge on any atom is -0.469 e. The first-order valence-electron chi connectivity index (χ1n) is 6.64. The van der Waals surface area contributed by atoms with Gasteiger partial charge in [-0.05, 0) is 27.2 Å². The number of amides is 1. The van der Waals surface area contributed by atoms with E-state index in [2.05, 4.69) is 4.85 Å². The molecule has 1 atom stereocenters. The van der Waals surface area contributed by atoms with Crippen molar-refractivity contribution in [2.24, 2.45) is 5.41 Å². The van der Waals surface area contributed by atoms with Crippen molar-refractivity contribution in [3.63, 3.8) is 0 Å². The largest absolute Gasteiger partial charge is 0.469 e. The molecule has 1 heterocycles. The molecule has 0 aromatic rings. The molecule has 1 amide bonds. The Labute approximate surface area is 119 Å². The van der Waals surface area contributed by atoms with Crippen LogP contribution in [0.3, 0.4) is 0 Å². The van der Waals surface area contributed by atoms with E-state index in [1.807, 2.05) is 0 Å². The third kappa shape index (κ3) is 3.86. The normalized spacial score (nSPS) is 22.2. The predicted octanol–water partition coefficient (Wildman–Crippen LogP) is 2.10. The van der Waals surface area contributed by atoms with Crippen LogP contribution < -0.4 is 0 Å². The topological polar surface area (TPSA) is 60.2 Å². The van der Waals surface area contributed by atoms with E-state index in [1.54, 1.807) is 20.8 Å². The smallest absolute Gasteiger partial charge is 0.410 e. The zero-order valence-electron chi connectivity index (χ0n) is 12.6. The highest BCUT2D eigenvalue weighted by atomic mass is 16.6. The van der Waals surface area contributed by atoms with E-state index >= 15 is 0 Å². The Bertz CT molecular complexity index is 422. The van der Waals surface area contributed by atoms with Gasteiger partial charge in [0, 0.05) is 19.5 Å². The molecule has 0 saturated carbocycles. The zero-order chi connectivity index (χ0) is 15.4. The lowest BCUT2D eigenvalue weighted by Crippen LogP contribution is -2.40. The predicted molar refractivity (Wildman–Crippen MR) is 73.0 cm³/mol. The number of carbonyl (C=O) groups is 2. The van der Waals surface area contributed by atoms with Gasteiger partial charge in [-0.15, -0.1) is 0 Å². The molecule has 112 valence electrons. The van der Waals surface area contributed by atoms with E-state index in [1.165, 1.54) is 12.0 Å². The number of nitrogens with zero attached hydrogens (tertiary/aromatic N) is 2. The first kappa shape index (κ1) is 16.3. The molecule has 0 aromatic carbocycles. The fourth-order valence-electron chi connectivity index (χ4n) is 2.31. The van der Waals surface area contributed by atoms with Crippen LogP contribution in [-0.4, -0.2) is 49.3 Å². The fraction of sp³-hybridized carbons (Fsp3) is 0.786. The van der Waals surface area contributed by atoms with Gasteiger partial charge in [0.05, 0.1) is 12.5 Å². The highest BCUT2D eigenvalue weighted by molar-refractivity contribution is 5.79. The van der Waals surface area contributed by atoms with Gasteiger partial charge in [0.1, 0.15) is 5.60 Å². The fourth-order valence-corrected chi connectivity index (χ4v) is 2.31. The molecule has 1 fully saturated rings. The first-order valence-corrected chi connectivity index (χ1v) is 6.64. The van der Waals surface area contributed by atoms with Crippen molar-refractivity contribution in [3.8, 4) is 0 Å². The van der Waals surface area contributed by atoms with E-state index < -0.39 is 17.1 Å². The van der Waals surface area contributed by atoms with Gasteiger partial charge in [-0.1, -0.05) is 0 Å². The van der Waals surface area contributed by atoms with Crippen molar-refractivity contribution < 1.29 is 19.1 Å². The maximum absolute atomic E-state index is 12.0. The summed E-state index contributed by atoms with van der Waals surface area (Å²) in [7, 11) is 1.33. The summed E-state index contributed by atoms with van der Waals surface area (Å²) in [6.07, 6.45) is 0.489. The van der Waals surface area contributed by atoms with Gasteiger partial charge in [0.2, 0.25) is 6.54 Å². The van der Waals surface area contributed by atoms with Crippen molar-refractivity contribution in [3.05, 3.63) is 11.4 Å². The lowest BCUT2D eigenvalue weighted by molar-refractivity contribution is -0.152. The van der Waals surface area contributed by atoms with Crippen molar-refractivity contribution in [2.45, 2.75) is 39.2 Å². The summed E-state index contributed by atoms with van der Waals surface area (Å²) in [6.45, 7) is 13.2. The molecule has 1 saturated heterocycles. The van der Waals surface area contributed by atoms with Crippen LogP contribution in [0.1, 0.15) is 33.6 Å². The molecule has 0 bridgehead atoms. The molecule has 1 unspecified atom stereocenters. The lowest BCUT2D eigenvalue weighted by atomic mass is 9.83. The second kappa shape index (κ2) is 6.12. The van der Waals surface area contributed by atoms with Gasteiger partial charge in [-0.3, -0.25) is 4.79 Å². The molecule has 0 aromatic heterocycles. The number of carbonyl (C=O) groups excluding carboxylic acids is 2. The first-order chi connectivity index (χ1) is 9.24. The minimum absolute atomic E-state index is 0.247. The highest BCUT2D eigenvalue weighted by Gasteiger charge is 2.48. The minimum atomic E-state index is -0.768. The van der Waals surface area contributed by atoms with Crippen LogP contribution in [0.15, 0.2) is 0 Å². The van der Waals surface area contributed by atoms with E-state index in [0.717, 1.165) is 0 Å². The number of esters is 1. The van der Waals surface area contributed by atoms with Gasteiger partial charge in [0.15, 0.2) is 0 Å². The number of likely N-dealkylation sites (tertiary alicyclic amines) is 1. The van der Waals surface area contributed by atoms with E-state index in [-0.39, 0.29) is 19.1 Å². The number of ether oxygens (including phenoxy) is 2. The highest BCUT2D eigenvalue weighted by Crippen LogP contribution is 2.36. The quantitative estimate of drug-likeness (QED) is 0.587. The Hall–Kier alpha value is -1.77. The third-order valence-corrected chi connectivity index (χ3v) is 3.33. The number of hydrogen-bond donors (Lipinski definition) is 0. The Balaban J connectivity index is 2.77. The maximum atomic E-state index is 12.0. The molecule has 1 aliphatic heterocycles. The number of methoxy groups -OCH3 is 1. The Morgan fingerprint density at radius 1 is 1.40 bits per heavy atom. The van der Waals surface area contributed by atoms with Crippen LogP contribution in [0, 0.1) is 12.0 Å². The second-order valence-electron chi connectivity index (χ2n) is 6.06. The molecule has 6 nitrogen and oxygen atoms in total. The summed E-state index contributed by atoms with van der Waals surface area (Å²) < 4.78 is 10.2. The lowest BCUT2D eigenvalue weighted by Gasteiger charge is -2.27. The zero-order valence-corrected chi connectivity index (χ0v) is 12.6. The van der Waals surface area contributed by atoms with E-state index in [4.69, 9.17) is 16.0 Å². The molecule has 20 heavy (non-hydrogen) atoms. The number of hydrogen-bond acceptors (Lipinski definition) is 4. The summed E-state index contributed by atoms with van der Waals surface area (Å²) in [4.78, 5) is 28.8. The molecule has 1 aliphatic rings. The Kier molecular flexibility index (Phi) is 4.98. The van der Waals surface area contributed by atoms with E-state index in [9.17, 15) is 9.59 Å². The summed E-state index contributed by atoms with van der Waals surface area (Å²) in [5.41, 5.74) is -1.33. The molecule has 0 N–H and O–H groups in total. The van der Waals surface area contributed by atoms with Gasteiger partial charge >= 0.3 is 12.1 Å². The standard InChI is InChI=1S/C14H22N2O4/c1-13(2,3)20-12(18)16-9-7-14(10-16,6-8-15-4)11(17)19-5/h6-10H2,1-3,5H3. The van der Waals surface area contributed by atoms with Crippen molar-refractivity contribution in [1.29, 1.82) is 0 Å². The van der Waals surface area contributed by atoms with Crippen LogP contribution in [0.4, 0.5) is 4.79 Å². The molecule has 0 aliphatic carbocycles. The average molecular weight is 282 g/mol. The van der Waals surface area contributed by atoms with Gasteiger partial charge in [-0.25, -0.2) is 11.4 Å². The Morgan fingerprint density at radius 2 is 2.05 bits per heavy atom. The summed E-state index contributed by atoms with van der Waals surface area (Å²) >= 11 is 0. The summed E-state index contributed by atoms with van der Waals surface area (Å²) in [6, 6.07) is 0. The third-order valence-electron chi connectivity index (χ3n) is 3.33. The van der Waals surface area contributed by atoms with E-state index in [0.29, 0.717) is 19.4 Å². The SMILES string of the molecule is [C-]#[N+]CCC1(C(=O)OC)CCN(C(=O)OC(C)(C)C)C1. The molecule has 0 spiro atoms. The van der Waals surface area contributed by atoms with Gasteiger partial charge < -0.3 is 19.2 Å². The van der Waals surface area contributed by atoms with Gasteiger partial charge in [0.25, 0.3) is 0 Å². The maximum Gasteiger partial charge on any atom is 0.410 e. The van der Waals surface area contributed by atoms with Crippen LogP contribution in [0.2, 0.25) is 0 Å². The van der Waals surface area contributed by atoms with Crippen LogP contribution in [0.25, 0.3) is 4.85 Å². The molecule has 0 radical (unpaired) electrons. The second-order valence-corrected chi connectivity index (χ2v) is 6.06. The molecule has 6 heteroatoms. The molecule has 1 rings (SSSR count). The van der Waals surface area contributed by atoms with Crippen molar-refractivity contribution >= 4 is 12.1 Å². The van der Waals surface area contributed by atoms with Crippen LogP contribution in [-0.2, 0) is 14.3 Å². The molecular formula is C14H22N2O4.